The van der Waals surface area contributed by atoms with Crippen LogP contribution in [0, 0.1) is 5.82 Å². The van der Waals surface area contributed by atoms with Gasteiger partial charge in [-0.2, -0.15) is 0 Å². The van der Waals surface area contributed by atoms with Crippen molar-refractivity contribution in [2.45, 2.75) is 30.4 Å². The van der Waals surface area contributed by atoms with Crippen molar-refractivity contribution in [2.75, 3.05) is 5.75 Å². The number of benzene rings is 2. The van der Waals surface area contributed by atoms with Crippen LogP contribution >= 0.6 is 0 Å². The van der Waals surface area contributed by atoms with E-state index in [4.69, 9.17) is 9.94 Å². The molecule has 0 saturated carbocycles. The van der Waals surface area contributed by atoms with Crippen LogP contribution in [0.1, 0.15) is 31.2 Å². The summed E-state index contributed by atoms with van der Waals surface area (Å²) in [5.41, 5.74) is 1.98. The molecule has 0 radical (unpaired) electrons. The Balaban J connectivity index is 1.94. The van der Waals surface area contributed by atoms with Crippen LogP contribution in [0.4, 0.5) is 4.39 Å². The fourth-order valence-corrected chi connectivity index (χ4v) is 5.73. The summed E-state index contributed by atoms with van der Waals surface area (Å²) < 4.78 is 43.5. The predicted molar refractivity (Wildman–Crippen MR) is 96.8 cm³/mol. The number of amides is 1. The van der Waals surface area contributed by atoms with Crippen LogP contribution in [-0.2, 0) is 19.4 Å². The molecule has 2 aromatic carbocycles. The monoisotopic (exact) mass is 393 g/mol. The first-order valence-electron chi connectivity index (χ1n) is 8.56. The number of hydroxylamine groups is 1. The Morgan fingerprint density at radius 2 is 1.85 bits per heavy atom. The molecule has 1 unspecified atom stereocenters. The van der Waals surface area contributed by atoms with Gasteiger partial charge in [0, 0.05) is 0 Å². The maximum Gasteiger partial charge on any atom is 0.245 e. The van der Waals surface area contributed by atoms with E-state index in [0.29, 0.717) is 24.2 Å². The molecule has 1 atom stereocenters. The standard InChI is InChI=1S/C19H20FNO5S/c20-16-5-1-2-6-17(16)26-15-9-7-14(8-10-15)19(13-18(22)21-23)11-3-4-12-27(19,24)25/h1-2,5-10,23H,3-4,11-13H2,(H,21,22). The van der Waals surface area contributed by atoms with Crippen molar-refractivity contribution < 1.29 is 27.5 Å². The molecule has 0 bridgehead atoms. The third-order valence-electron chi connectivity index (χ3n) is 4.85. The summed E-state index contributed by atoms with van der Waals surface area (Å²) in [7, 11) is -3.59. The SMILES string of the molecule is O=C(CC1(c2ccc(Oc3ccccc3F)cc2)CCCCS1(=O)=O)NO. The Labute approximate surface area is 156 Å². The van der Waals surface area contributed by atoms with E-state index in [1.165, 1.54) is 17.6 Å². The number of hydrogen-bond donors (Lipinski definition) is 2. The number of ether oxygens (including phenoxy) is 1. The molecule has 1 aliphatic rings. The normalized spacial score (nSPS) is 21.4. The van der Waals surface area contributed by atoms with Crippen LogP contribution in [-0.4, -0.2) is 25.3 Å². The Bertz CT molecular complexity index is 929. The lowest BCUT2D eigenvalue weighted by atomic mass is 9.88. The highest BCUT2D eigenvalue weighted by Gasteiger charge is 2.48. The molecule has 0 spiro atoms. The van der Waals surface area contributed by atoms with Gasteiger partial charge in [-0.3, -0.25) is 10.0 Å². The van der Waals surface area contributed by atoms with E-state index in [1.807, 2.05) is 0 Å². The number of carbonyl (C=O) groups excluding carboxylic acids is 1. The fourth-order valence-electron chi connectivity index (χ4n) is 3.46. The van der Waals surface area contributed by atoms with Crippen LogP contribution < -0.4 is 10.2 Å². The van der Waals surface area contributed by atoms with Crippen molar-refractivity contribution in [3.8, 4) is 11.5 Å². The molecule has 1 aliphatic heterocycles. The lowest BCUT2D eigenvalue weighted by molar-refractivity contribution is -0.130. The number of rotatable bonds is 5. The Hall–Kier alpha value is -2.45. The molecule has 1 amide bonds. The molecule has 1 saturated heterocycles. The van der Waals surface area contributed by atoms with Crippen molar-refractivity contribution in [3.05, 3.63) is 59.9 Å². The second-order valence-corrected chi connectivity index (χ2v) is 8.96. The topological polar surface area (TPSA) is 92.7 Å². The number of hydrogen-bond acceptors (Lipinski definition) is 5. The number of para-hydroxylation sites is 1. The minimum Gasteiger partial charge on any atom is -0.454 e. The molecule has 0 aliphatic carbocycles. The highest BCUT2D eigenvalue weighted by atomic mass is 32.2. The molecule has 1 heterocycles. The smallest absolute Gasteiger partial charge is 0.245 e. The number of halogens is 1. The van der Waals surface area contributed by atoms with Gasteiger partial charge < -0.3 is 4.74 Å². The summed E-state index contributed by atoms with van der Waals surface area (Å²) >= 11 is 0. The van der Waals surface area contributed by atoms with Gasteiger partial charge in [0.2, 0.25) is 5.91 Å². The predicted octanol–water partition coefficient (Wildman–Crippen LogP) is 3.31. The molecule has 6 nitrogen and oxygen atoms in total. The molecule has 144 valence electrons. The van der Waals surface area contributed by atoms with Crippen LogP contribution in [0.15, 0.2) is 48.5 Å². The van der Waals surface area contributed by atoms with E-state index in [2.05, 4.69) is 0 Å². The molecule has 3 rings (SSSR count). The third kappa shape index (κ3) is 3.81. The highest BCUT2D eigenvalue weighted by molar-refractivity contribution is 7.92. The molecule has 1 fully saturated rings. The van der Waals surface area contributed by atoms with Crippen molar-refractivity contribution in [3.63, 3.8) is 0 Å². The van der Waals surface area contributed by atoms with Gasteiger partial charge in [-0.25, -0.2) is 18.3 Å². The minimum atomic E-state index is -3.59. The summed E-state index contributed by atoms with van der Waals surface area (Å²) in [5, 5.41) is 8.88. The summed E-state index contributed by atoms with van der Waals surface area (Å²) in [6, 6.07) is 12.2. The zero-order valence-corrected chi connectivity index (χ0v) is 15.3. The summed E-state index contributed by atoms with van der Waals surface area (Å²) in [5.74, 6) is -0.873. The van der Waals surface area contributed by atoms with Crippen LogP contribution in [0.25, 0.3) is 0 Å². The average molecular weight is 393 g/mol. The summed E-state index contributed by atoms with van der Waals surface area (Å²) in [6.45, 7) is 0. The van der Waals surface area contributed by atoms with Gasteiger partial charge in [-0.15, -0.1) is 0 Å². The van der Waals surface area contributed by atoms with E-state index in [1.54, 1.807) is 36.4 Å². The van der Waals surface area contributed by atoms with Gasteiger partial charge in [-0.05, 0) is 42.7 Å². The van der Waals surface area contributed by atoms with Gasteiger partial charge in [-0.1, -0.05) is 30.7 Å². The lowest BCUT2D eigenvalue weighted by Crippen LogP contribution is -2.44. The molecule has 8 heteroatoms. The molecule has 2 aromatic rings. The first kappa shape index (κ1) is 19.3. The van der Waals surface area contributed by atoms with E-state index >= 15 is 0 Å². The van der Waals surface area contributed by atoms with E-state index in [9.17, 15) is 17.6 Å². The van der Waals surface area contributed by atoms with E-state index in [0.717, 1.165) is 0 Å². The van der Waals surface area contributed by atoms with Crippen molar-refractivity contribution in [1.29, 1.82) is 0 Å². The Morgan fingerprint density at radius 1 is 1.15 bits per heavy atom. The van der Waals surface area contributed by atoms with Gasteiger partial charge in [0.15, 0.2) is 21.4 Å². The Kier molecular flexibility index (Phi) is 5.48. The average Bonchev–Trinajstić information content (AvgIpc) is 2.66. The molecule has 0 aromatic heterocycles. The second-order valence-electron chi connectivity index (χ2n) is 6.54. The van der Waals surface area contributed by atoms with Crippen molar-refractivity contribution in [2.24, 2.45) is 0 Å². The number of carbonyl (C=O) groups is 1. The molecule has 27 heavy (non-hydrogen) atoms. The van der Waals surface area contributed by atoms with Crippen molar-refractivity contribution >= 4 is 15.7 Å². The van der Waals surface area contributed by atoms with Crippen LogP contribution in [0.3, 0.4) is 0 Å². The zero-order chi connectivity index (χ0) is 19.5. The van der Waals surface area contributed by atoms with Gasteiger partial charge >= 0.3 is 0 Å². The molecule has 2 N–H and O–H groups in total. The summed E-state index contributed by atoms with van der Waals surface area (Å²) in [6.07, 6.45) is 1.13. The Morgan fingerprint density at radius 3 is 2.48 bits per heavy atom. The summed E-state index contributed by atoms with van der Waals surface area (Å²) in [4.78, 5) is 11.8. The maximum absolute atomic E-state index is 13.7. The highest BCUT2D eigenvalue weighted by Crippen LogP contribution is 2.43. The van der Waals surface area contributed by atoms with Crippen LogP contribution in [0.5, 0.6) is 11.5 Å². The minimum absolute atomic E-state index is 0.0147. The lowest BCUT2D eigenvalue weighted by Gasteiger charge is -2.36. The van der Waals surface area contributed by atoms with Crippen LogP contribution in [0.2, 0.25) is 0 Å². The first-order valence-corrected chi connectivity index (χ1v) is 10.2. The van der Waals surface area contributed by atoms with E-state index < -0.39 is 26.3 Å². The second kappa shape index (κ2) is 7.66. The quantitative estimate of drug-likeness (QED) is 0.601. The van der Waals surface area contributed by atoms with Gasteiger partial charge in [0.25, 0.3) is 0 Å². The van der Waals surface area contributed by atoms with Gasteiger partial charge in [0.1, 0.15) is 10.5 Å². The molecular formula is C19H20FNO5S. The van der Waals surface area contributed by atoms with Crippen molar-refractivity contribution in [1.82, 2.24) is 5.48 Å². The zero-order valence-electron chi connectivity index (χ0n) is 14.5. The maximum atomic E-state index is 13.7. The third-order valence-corrected chi connectivity index (χ3v) is 7.46. The number of sulfone groups is 1. The number of nitrogens with one attached hydrogen (secondary N) is 1. The van der Waals surface area contributed by atoms with Gasteiger partial charge in [0.05, 0.1) is 12.2 Å². The first-order chi connectivity index (χ1) is 12.9. The van der Waals surface area contributed by atoms with E-state index in [-0.39, 0.29) is 24.3 Å². The fraction of sp³-hybridized carbons (Fsp3) is 0.316. The molecular weight excluding hydrogens is 373 g/mol. The largest absolute Gasteiger partial charge is 0.454 e.